The lowest BCUT2D eigenvalue weighted by Crippen LogP contribution is -2.31. The monoisotopic (exact) mass is 452 g/mol. The molecule has 0 radical (unpaired) electrons. The number of hydrogen-bond acceptors (Lipinski definition) is 5. The summed E-state index contributed by atoms with van der Waals surface area (Å²) in [6.07, 6.45) is -1.11. The molecule has 0 aliphatic heterocycles. The van der Waals surface area contributed by atoms with Crippen molar-refractivity contribution >= 4 is 39.2 Å². The van der Waals surface area contributed by atoms with Crippen molar-refractivity contribution in [2.24, 2.45) is 0 Å². The largest absolute Gasteiger partial charge is 0.449 e. The van der Waals surface area contributed by atoms with Gasteiger partial charge in [0.15, 0.2) is 6.10 Å². The highest BCUT2D eigenvalue weighted by Crippen LogP contribution is 2.22. The normalized spacial score (nSPS) is 12.5. The molecule has 30 heavy (non-hydrogen) atoms. The number of amides is 1. The maximum atomic E-state index is 12.7. The third-order valence-electron chi connectivity index (χ3n) is 4.56. The predicted molar refractivity (Wildman–Crippen MR) is 116 cm³/mol. The first-order valence-electron chi connectivity index (χ1n) is 9.49. The highest BCUT2D eigenvalue weighted by Gasteiger charge is 2.25. The molecule has 0 aliphatic carbocycles. The van der Waals surface area contributed by atoms with Crippen molar-refractivity contribution in [2.45, 2.75) is 38.7 Å². The van der Waals surface area contributed by atoms with Crippen molar-refractivity contribution in [3.8, 4) is 0 Å². The average molecular weight is 453 g/mol. The Labute approximate surface area is 182 Å². The SMILES string of the molecule is CCN(CC)S(=O)(=O)c1ccc(C)c(C(=O)OC(C)C(=O)Nc2ccccc2Cl)c1. The number of sulfonamides is 1. The molecule has 2 rings (SSSR count). The third kappa shape index (κ3) is 5.38. The Morgan fingerprint density at radius 3 is 2.37 bits per heavy atom. The van der Waals surface area contributed by atoms with Gasteiger partial charge in [-0.3, -0.25) is 4.79 Å². The fourth-order valence-electron chi connectivity index (χ4n) is 2.77. The number of ether oxygens (including phenoxy) is 1. The van der Waals surface area contributed by atoms with Gasteiger partial charge in [-0.05, 0) is 43.7 Å². The summed E-state index contributed by atoms with van der Waals surface area (Å²) in [6.45, 7) is 7.19. The number of anilines is 1. The quantitative estimate of drug-likeness (QED) is 0.614. The van der Waals surface area contributed by atoms with Crippen LogP contribution in [-0.2, 0) is 19.6 Å². The van der Waals surface area contributed by atoms with E-state index in [9.17, 15) is 18.0 Å². The number of carbonyl (C=O) groups is 2. The van der Waals surface area contributed by atoms with E-state index in [2.05, 4.69) is 5.32 Å². The van der Waals surface area contributed by atoms with E-state index in [4.69, 9.17) is 16.3 Å². The van der Waals surface area contributed by atoms with E-state index in [0.717, 1.165) is 0 Å². The van der Waals surface area contributed by atoms with Gasteiger partial charge in [0, 0.05) is 13.1 Å². The summed E-state index contributed by atoms with van der Waals surface area (Å²) in [5, 5.41) is 2.95. The second-order valence-electron chi connectivity index (χ2n) is 6.58. The van der Waals surface area contributed by atoms with Crippen LogP contribution in [-0.4, -0.2) is 43.8 Å². The van der Waals surface area contributed by atoms with Gasteiger partial charge in [-0.25, -0.2) is 13.2 Å². The van der Waals surface area contributed by atoms with Gasteiger partial charge >= 0.3 is 5.97 Å². The number of nitrogens with one attached hydrogen (secondary N) is 1. The van der Waals surface area contributed by atoms with E-state index in [1.165, 1.54) is 23.4 Å². The highest BCUT2D eigenvalue weighted by molar-refractivity contribution is 7.89. The number of halogens is 1. The molecule has 1 atom stereocenters. The summed E-state index contributed by atoms with van der Waals surface area (Å²) in [5.74, 6) is -1.34. The maximum Gasteiger partial charge on any atom is 0.339 e. The van der Waals surface area contributed by atoms with Crippen molar-refractivity contribution in [3.05, 3.63) is 58.6 Å². The number of para-hydroxylation sites is 1. The molecule has 0 spiro atoms. The molecule has 0 bridgehead atoms. The zero-order valence-electron chi connectivity index (χ0n) is 17.3. The summed E-state index contributed by atoms with van der Waals surface area (Å²) in [4.78, 5) is 25.0. The molecule has 0 saturated carbocycles. The summed E-state index contributed by atoms with van der Waals surface area (Å²) in [7, 11) is -3.73. The lowest BCUT2D eigenvalue weighted by Gasteiger charge is -2.19. The van der Waals surface area contributed by atoms with Crippen molar-refractivity contribution in [1.82, 2.24) is 4.31 Å². The van der Waals surface area contributed by atoms with E-state index in [0.29, 0.717) is 29.4 Å². The van der Waals surface area contributed by atoms with Crippen molar-refractivity contribution in [1.29, 1.82) is 0 Å². The molecule has 2 aromatic carbocycles. The lowest BCUT2D eigenvalue weighted by atomic mass is 10.1. The Morgan fingerprint density at radius 2 is 1.77 bits per heavy atom. The maximum absolute atomic E-state index is 12.7. The number of aryl methyl sites for hydroxylation is 1. The molecule has 0 saturated heterocycles. The summed E-state index contributed by atoms with van der Waals surface area (Å²) in [5.41, 5.74) is 1.02. The van der Waals surface area contributed by atoms with Crippen LogP contribution in [0.1, 0.15) is 36.7 Å². The first-order valence-corrected chi connectivity index (χ1v) is 11.3. The first kappa shape index (κ1) is 23.9. The molecule has 1 amide bonds. The average Bonchev–Trinajstić information content (AvgIpc) is 2.70. The van der Waals surface area contributed by atoms with Crippen molar-refractivity contribution in [2.75, 3.05) is 18.4 Å². The van der Waals surface area contributed by atoms with Gasteiger partial charge in [0.05, 0.1) is 21.2 Å². The van der Waals surface area contributed by atoms with Gasteiger partial charge < -0.3 is 10.1 Å². The first-order chi connectivity index (χ1) is 14.1. The second kappa shape index (κ2) is 10.1. The Balaban J connectivity index is 2.20. The van der Waals surface area contributed by atoms with E-state index in [-0.39, 0.29) is 10.5 Å². The van der Waals surface area contributed by atoms with Crippen LogP contribution in [0.5, 0.6) is 0 Å². The fraction of sp³-hybridized carbons (Fsp3) is 0.333. The zero-order valence-corrected chi connectivity index (χ0v) is 18.9. The molecular formula is C21H25ClN2O5S. The minimum absolute atomic E-state index is 0.00285. The Bertz CT molecular complexity index is 1040. The molecule has 0 aliphatic rings. The van der Waals surface area contributed by atoms with Crippen molar-refractivity contribution in [3.63, 3.8) is 0 Å². The Kier molecular flexibility index (Phi) is 8.00. The molecule has 7 nitrogen and oxygen atoms in total. The zero-order chi connectivity index (χ0) is 22.5. The van der Waals surface area contributed by atoms with Gasteiger partial charge in [-0.15, -0.1) is 0 Å². The second-order valence-corrected chi connectivity index (χ2v) is 8.93. The standard InChI is InChI=1S/C21H25ClN2O5S/c1-5-24(6-2)30(27,28)16-12-11-14(3)17(13-16)21(26)29-15(4)20(25)23-19-10-8-7-9-18(19)22/h7-13,15H,5-6H2,1-4H3,(H,23,25). The minimum Gasteiger partial charge on any atom is -0.449 e. The number of esters is 1. The summed E-state index contributed by atoms with van der Waals surface area (Å²) < 4.78 is 32.1. The van der Waals surface area contributed by atoms with Crippen LogP contribution < -0.4 is 5.32 Å². The number of benzene rings is 2. The van der Waals surface area contributed by atoms with E-state index < -0.39 is 28.0 Å². The molecule has 0 heterocycles. The topological polar surface area (TPSA) is 92.8 Å². The van der Waals surface area contributed by atoms with Crippen LogP contribution >= 0.6 is 11.6 Å². The molecule has 1 N–H and O–H groups in total. The number of carbonyl (C=O) groups excluding carboxylic acids is 2. The molecule has 0 aromatic heterocycles. The molecular weight excluding hydrogens is 428 g/mol. The summed E-state index contributed by atoms with van der Waals surface area (Å²) in [6, 6.07) is 11.0. The molecule has 2 aromatic rings. The highest BCUT2D eigenvalue weighted by atomic mass is 35.5. The van der Waals surface area contributed by atoms with Crippen LogP contribution in [0.3, 0.4) is 0 Å². The molecule has 1 unspecified atom stereocenters. The van der Waals surface area contributed by atoms with E-state index in [1.54, 1.807) is 51.1 Å². The van der Waals surface area contributed by atoms with Gasteiger partial charge in [-0.1, -0.05) is 43.6 Å². The molecule has 9 heteroatoms. The fourth-order valence-corrected chi connectivity index (χ4v) is 4.44. The molecule has 0 fully saturated rings. The van der Waals surface area contributed by atoms with Crippen LogP contribution in [0.15, 0.2) is 47.4 Å². The molecule has 162 valence electrons. The lowest BCUT2D eigenvalue weighted by molar-refractivity contribution is -0.123. The summed E-state index contributed by atoms with van der Waals surface area (Å²) >= 11 is 6.02. The van der Waals surface area contributed by atoms with E-state index in [1.807, 2.05) is 0 Å². The van der Waals surface area contributed by atoms with Gasteiger partial charge in [-0.2, -0.15) is 4.31 Å². The number of nitrogens with zero attached hydrogens (tertiary/aromatic N) is 1. The van der Waals surface area contributed by atoms with Crippen molar-refractivity contribution < 1.29 is 22.7 Å². The van der Waals surface area contributed by atoms with Crippen LogP contribution in [0.2, 0.25) is 5.02 Å². The minimum atomic E-state index is -3.73. The van der Waals surface area contributed by atoms with Crippen LogP contribution in [0.25, 0.3) is 0 Å². The third-order valence-corrected chi connectivity index (χ3v) is 6.93. The van der Waals surface area contributed by atoms with Crippen LogP contribution in [0, 0.1) is 6.92 Å². The van der Waals surface area contributed by atoms with Gasteiger partial charge in [0.25, 0.3) is 5.91 Å². The van der Waals surface area contributed by atoms with E-state index >= 15 is 0 Å². The Hall–Kier alpha value is -2.42. The smallest absolute Gasteiger partial charge is 0.339 e. The number of hydrogen-bond donors (Lipinski definition) is 1. The predicted octanol–water partition coefficient (Wildman–Crippen LogP) is 3.86. The van der Waals surface area contributed by atoms with Gasteiger partial charge in [0.2, 0.25) is 10.0 Å². The Morgan fingerprint density at radius 1 is 1.13 bits per heavy atom. The number of rotatable bonds is 8. The van der Waals surface area contributed by atoms with Crippen LogP contribution in [0.4, 0.5) is 5.69 Å². The van der Waals surface area contributed by atoms with Gasteiger partial charge in [0.1, 0.15) is 0 Å².